The summed E-state index contributed by atoms with van der Waals surface area (Å²) in [7, 11) is 1.78. The molecular formula is C12H14N4OS. The lowest BCUT2D eigenvalue weighted by molar-refractivity contribution is 0.0950. The molecule has 1 amide bonds. The minimum Gasteiger partial charge on any atom is -0.373 e. The van der Waals surface area contributed by atoms with Gasteiger partial charge in [0.05, 0.1) is 6.54 Å². The molecule has 0 aliphatic carbocycles. The van der Waals surface area contributed by atoms with E-state index in [1.54, 1.807) is 25.4 Å². The third-order valence-corrected chi connectivity index (χ3v) is 3.14. The lowest BCUT2D eigenvalue weighted by Gasteiger charge is -2.06. The predicted molar refractivity (Wildman–Crippen MR) is 71.8 cm³/mol. The Labute approximate surface area is 109 Å². The van der Waals surface area contributed by atoms with Crippen LogP contribution in [0.3, 0.4) is 0 Å². The Balaban J connectivity index is 2.06. The molecule has 2 aromatic rings. The minimum atomic E-state index is -0.118. The zero-order valence-electron chi connectivity index (χ0n) is 10.2. The second-order valence-corrected chi connectivity index (χ2v) is 4.72. The van der Waals surface area contributed by atoms with Crippen molar-refractivity contribution in [2.75, 3.05) is 12.4 Å². The van der Waals surface area contributed by atoms with Crippen molar-refractivity contribution in [2.45, 2.75) is 13.5 Å². The molecule has 94 valence electrons. The summed E-state index contributed by atoms with van der Waals surface area (Å²) in [6, 6.07) is 3.49. The lowest BCUT2D eigenvalue weighted by atomic mass is 10.2. The molecule has 0 atom stereocenters. The topological polar surface area (TPSA) is 66.9 Å². The van der Waals surface area contributed by atoms with Crippen molar-refractivity contribution in [3.8, 4) is 0 Å². The van der Waals surface area contributed by atoms with Gasteiger partial charge in [-0.15, -0.1) is 11.3 Å². The highest BCUT2D eigenvalue weighted by atomic mass is 32.1. The number of hydrogen-bond acceptors (Lipinski definition) is 5. The molecule has 0 radical (unpaired) electrons. The molecule has 0 bridgehead atoms. The molecule has 0 saturated heterocycles. The van der Waals surface area contributed by atoms with Crippen molar-refractivity contribution in [3.05, 3.63) is 40.0 Å². The Bertz CT molecular complexity index is 539. The fourth-order valence-corrected chi connectivity index (χ4v) is 2.08. The average Bonchev–Trinajstić information content (AvgIpc) is 2.88. The van der Waals surface area contributed by atoms with E-state index in [0.717, 1.165) is 10.7 Å². The normalized spacial score (nSPS) is 10.1. The van der Waals surface area contributed by atoms with Crippen LogP contribution in [0.25, 0.3) is 0 Å². The number of carbonyl (C=O) groups is 1. The number of aryl methyl sites for hydroxylation is 1. The van der Waals surface area contributed by atoms with Crippen LogP contribution in [0.4, 0.5) is 5.82 Å². The van der Waals surface area contributed by atoms with Gasteiger partial charge >= 0.3 is 0 Å². The van der Waals surface area contributed by atoms with Crippen LogP contribution in [0.2, 0.25) is 0 Å². The number of rotatable bonds is 4. The van der Waals surface area contributed by atoms with Gasteiger partial charge in [-0.25, -0.2) is 9.97 Å². The molecule has 0 spiro atoms. The molecule has 2 heterocycles. The van der Waals surface area contributed by atoms with Gasteiger partial charge in [-0.1, -0.05) is 0 Å². The minimum absolute atomic E-state index is 0.118. The summed E-state index contributed by atoms with van der Waals surface area (Å²) in [4.78, 5) is 20.3. The number of aromatic nitrogens is 2. The van der Waals surface area contributed by atoms with E-state index in [0.29, 0.717) is 17.9 Å². The first-order valence-corrected chi connectivity index (χ1v) is 6.40. The number of amides is 1. The molecule has 6 heteroatoms. The van der Waals surface area contributed by atoms with E-state index in [9.17, 15) is 4.79 Å². The maximum absolute atomic E-state index is 12.0. The van der Waals surface area contributed by atoms with E-state index < -0.39 is 0 Å². The van der Waals surface area contributed by atoms with Crippen molar-refractivity contribution in [1.29, 1.82) is 0 Å². The van der Waals surface area contributed by atoms with E-state index in [4.69, 9.17) is 0 Å². The van der Waals surface area contributed by atoms with Crippen LogP contribution in [0.5, 0.6) is 0 Å². The Morgan fingerprint density at radius 3 is 2.94 bits per heavy atom. The first-order chi connectivity index (χ1) is 8.69. The molecule has 2 rings (SSSR count). The molecule has 0 aliphatic rings. The molecule has 0 fully saturated rings. The van der Waals surface area contributed by atoms with Gasteiger partial charge in [-0.2, -0.15) is 0 Å². The molecule has 5 nitrogen and oxygen atoms in total. The first-order valence-electron chi connectivity index (χ1n) is 5.52. The monoisotopic (exact) mass is 262 g/mol. The summed E-state index contributed by atoms with van der Waals surface area (Å²) < 4.78 is 0. The van der Waals surface area contributed by atoms with Crippen LogP contribution in [0, 0.1) is 6.92 Å². The van der Waals surface area contributed by atoms with E-state index in [-0.39, 0.29) is 5.91 Å². The van der Waals surface area contributed by atoms with Crippen molar-refractivity contribution in [3.63, 3.8) is 0 Å². The summed E-state index contributed by atoms with van der Waals surface area (Å²) in [6.45, 7) is 2.31. The van der Waals surface area contributed by atoms with Crippen molar-refractivity contribution in [1.82, 2.24) is 15.3 Å². The smallest absolute Gasteiger partial charge is 0.251 e. The Morgan fingerprint density at radius 1 is 1.44 bits per heavy atom. The van der Waals surface area contributed by atoms with Crippen LogP contribution >= 0.6 is 11.3 Å². The average molecular weight is 262 g/mol. The van der Waals surface area contributed by atoms with Crippen molar-refractivity contribution >= 4 is 23.1 Å². The standard InChI is InChI=1S/C12H14N4OS/c1-8-5-9(6-10(13-2)16-8)12(17)15-7-11-14-3-4-18-11/h3-6H,7H2,1-2H3,(H,13,16)(H,15,17). The maximum atomic E-state index is 12.0. The van der Waals surface area contributed by atoms with E-state index in [2.05, 4.69) is 20.6 Å². The number of anilines is 1. The summed E-state index contributed by atoms with van der Waals surface area (Å²) in [6.07, 6.45) is 1.72. The lowest BCUT2D eigenvalue weighted by Crippen LogP contribution is -2.23. The molecule has 0 aliphatic heterocycles. The third-order valence-electron chi connectivity index (χ3n) is 2.36. The first kappa shape index (κ1) is 12.5. The zero-order valence-corrected chi connectivity index (χ0v) is 11.0. The number of nitrogens with one attached hydrogen (secondary N) is 2. The quantitative estimate of drug-likeness (QED) is 0.882. The molecule has 2 aromatic heterocycles. The highest BCUT2D eigenvalue weighted by Gasteiger charge is 2.08. The van der Waals surface area contributed by atoms with E-state index in [1.807, 2.05) is 12.3 Å². The largest absolute Gasteiger partial charge is 0.373 e. The summed E-state index contributed by atoms with van der Waals surface area (Å²) in [5.74, 6) is 0.571. The number of carbonyl (C=O) groups excluding carboxylic acids is 1. The van der Waals surface area contributed by atoms with Crippen LogP contribution < -0.4 is 10.6 Å². The molecule has 2 N–H and O–H groups in total. The second-order valence-electron chi connectivity index (χ2n) is 3.74. The fraction of sp³-hybridized carbons (Fsp3) is 0.250. The van der Waals surface area contributed by atoms with Gasteiger partial charge in [0.1, 0.15) is 10.8 Å². The fourth-order valence-electron chi connectivity index (χ4n) is 1.53. The predicted octanol–water partition coefficient (Wildman–Crippen LogP) is 1.82. The maximum Gasteiger partial charge on any atom is 0.251 e. The summed E-state index contributed by atoms with van der Waals surface area (Å²) in [5.41, 5.74) is 1.41. The van der Waals surface area contributed by atoms with Crippen LogP contribution in [-0.4, -0.2) is 22.9 Å². The van der Waals surface area contributed by atoms with Gasteiger partial charge < -0.3 is 10.6 Å². The molecule has 18 heavy (non-hydrogen) atoms. The SMILES string of the molecule is CNc1cc(C(=O)NCc2nccs2)cc(C)n1. The Hall–Kier alpha value is -1.95. The molecule has 0 aromatic carbocycles. The van der Waals surface area contributed by atoms with Crippen LogP contribution in [-0.2, 0) is 6.54 Å². The third kappa shape index (κ3) is 3.04. The summed E-state index contributed by atoms with van der Waals surface area (Å²) in [5, 5.41) is 8.54. The molecule has 0 saturated carbocycles. The highest BCUT2D eigenvalue weighted by Crippen LogP contribution is 2.10. The Kier molecular flexibility index (Phi) is 3.88. The number of thiazole rings is 1. The van der Waals surface area contributed by atoms with Gasteiger partial charge in [-0.3, -0.25) is 4.79 Å². The second kappa shape index (κ2) is 5.59. The number of nitrogens with zero attached hydrogens (tertiary/aromatic N) is 2. The van der Waals surface area contributed by atoms with Crippen LogP contribution in [0.15, 0.2) is 23.7 Å². The van der Waals surface area contributed by atoms with Crippen molar-refractivity contribution < 1.29 is 4.79 Å². The van der Waals surface area contributed by atoms with E-state index in [1.165, 1.54) is 11.3 Å². The molecular weight excluding hydrogens is 248 g/mol. The van der Waals surface area contributed by atoms with Crippen LogP contribution in [0.1, 0.15) is 21.1 Å². The number of pyridine rings is 1. The summed E-state index contributed by atoms with van der Waals surface area (Å²) >= 11 is 1.52. The van der Waals surface area contributed by atoms with Gasteiger partial charge in [0.15, 0.2) is 0 Å². The molecule has 0 unspecified atom stereocenters. The van der Waals surface area contributed by atoms with Gasteiger partial charge in [0.25, 0.3) is 5.91 Å². The van der Waals surface area contributed by atoms with Gasteiger partial charge in [0.2, 0.25) is 0 Å². The number of hydrogen-bond donors (Lipinski definition) is 2. The highest BCUT2D eigenvalue weighted by molar-refractivity contribution is 7.09. The Morgan fingerprint density at radius 2 is 2.28 bits per heavy atom. The van der Waals surface area contributed by atoms with E-state index >= 15 is 0 Å². The van der Waals surface area contributed by atoms with Crippen molar-refractivity contribution in [2.24, 2.45) is 0 Å². The van der Waals surface area contributed by atoms with Gasteiger partial charge in [-0.05, 0) is 19.1 Å². The zero-order chi connectivity index (χ0) is 13.0. The van der Waals surface area contributed by atoms with Gasteiger partial charge in [0, 0.05) is 29.9 Å².